The van der Waals surface area contributed by atoms with E-state index in [-0.39, 0.29) is 12.4 Å². The fourth-order valence-corrected chi connectivity index (χ4v) is 4.19. The number of rotatable bonds is 5. The zero-order valence-corrected chi connectivity index (χ0v) is 16.4. The summed E-state index contributed by atoms with van der Waals surface area (Å²) in [6.07, 6.45) is 3.67. The van der Waals surface area contributed by atoms with Crippen LogP contribution in [0.2, 0.25) is 0 Å². The smallest absolute Gasteiger partial charge is 0.351 e. The predicted molar refractivity (Wildman–Crippen MR) is 104 cm³/mol. The highest BCUT2D eigenvalue weighted by Crippen LogP contribution is 2.33. The van der Waals surface area contributed by atoms with Gasteiger partial charge in [-0.1, -0.05) is 23.5 Å². The zero-order chi connectivity index (χ0) is 19.5. The van der Waals surface area contributed by atoms with Crippen molar-refractivity contribution in [2.24, 2.45) is 0 Å². The number of hydrogen-bond donors (Lipinski definition) is 0. The molecule has 0 bridgehead atoms. The molecule has 1 aromatic carbocycles. The molecule has 4 rings (SSSR count). The summed E-state index contributed by atoms with van der Waals surface area (Å²) in [5, 5.41) is 0.851. The van der Waals surface area contributed by atoms with Crippen LogP contribution >= 0.6 is 11.3 Å². The van der Waals surface area contributed by atoms with Crippen LogP contribution in [-0.4, -0.2) is 48.6 Å². The fraction of sp³-hybridized carbons (Fsp3) is 0.450. The molecule has 3 heterocycles. The Labute approximate surface area is 167 Å². The monoisotopic (exact) mass is 402 g/mol. The van der Waals surface area contributed by atoms with Gasteiger partial charge >= 0.3 is 5.97 Å². The summed E-state index contributed by atoms with van der Waals surface area (Å²) in [5.74, 6) is 0.197. The topological polar surface area (TPSA) is 78.0 Å². The van der Waals surface area contributed by atoms with Gasteiger partial charge in [0.05, 0.1) is 11.1 Å². The van der Waals surface area contributed by atoms with Gasteiger partial charge < -0.3 is 19.1 Å². The number of piperidine rings is 1. The number of benzene rings is 1. The van der Waals surface area contributed by atoms with Gasteiger partial charge in [0.2, 0.25) is 11.9 Å². The summed E-state index contributed by atoms with van der Waals surface area (Å²) < 4.78 is 16.6. The van der Waals surface area contributed by atoms with Crippen LogP contribution in [0.5, 0.6) is 11.5 Å². The number of hydrogen-bond acceptors (Lipinski definition) is 8. The van der Waals surface area contributed by atoms with E-state index < -0.39 is 18.2 Å². The van der Waals surface area contributed by atoms with E-state index in [4.69, 9.17) is 14.2 Å². The fourth-order valence-electron chi connectivity index (χ4n) is 3.29. The Morgan fingerprint density at radius 1 is 1.18 bits per heavy atom. The van der Waals surface area contributed by atoms with Crippen molar-refractivity contribution in [1.82, 2.24) is 4.98 Å². The maximum atomic E-state index is 12.4. The van der Waals surface area contributed by atoms with Crippen molar-refractivity contribution >= 4 is 28.2 Å². The molecule has 1 aromatic heterocycles. The van der Waals surface area contributed by atoms with Crippen LogP contribution in [0.4, 0.5) is 5.13 Å². The number of carbonyl (C=O) groups is 2. The SMILES string of the molecule is C[C@H]1Oc2ccccc2O[C@H]1C(=O)OCC(=O)c1cnc(N2CCCCC2)s1. The molecule has 7 nitrogen and oxygen atoms in total. The van der Waals surface area contributed by atoms with Gasteiger partial charge in [-0.05, 0) is 38.3 Å². The number of anilines is 1. The molecule has 2 aliphatic heterocycles. The maximum absolute atomic E-state index is 12.4. The van der Waals surface area contributed by atoms with Gasteiger partial charge in [-0.15, -0.1) is 0 Å². The lowest BCUT2D eigenvalue weighted by Gasteiger charge is -2.30. The Morgan fingerprint density at radius 3 is 2.64 bits per heavy atom. The highest BCUT2D eigenvalue weighted by atomic mass is 32.1. The summed E-state index contributed by atoms with van der Waals surface area (Å²) in [6.45, 7) is 3.33. The van der Waals surface area contributed by atoms with E-state index in [9.17, 15) is 9.59 Å². The molecular weight excluding hydrogens is 380 g/mol. The number of thiazole rings is 1. The van der Waals surface area contributed by atoms with Gasteiger partial charge in [-0.3, -0.25) is 4.79 Å². The van der Waals surface area contributed by atoms with Crippen LogP contribution in [0.15, 0.2) is 30.5 Å². The quantitative estimate of drug-likeness (QED) is 0.562. The molecule has 0 saturated carbocycles. The highest BCUT2D eigenvalue weighted by Gasteiger charge is 2.35. The van der Waals surface area contributed by atoms with Crippen molar-refractivity contribution in [3.8, 4) is 11.5 Å². The van der Waals surface area contributed by atoms with Crippen molar-refractivity contribution in [2.45, 2.75) is 38.4 Å². The number of esters is 1. The Balaban J connectivity index is 1.33. The molecule has 0 spiro atoms. The lowest BCUT2D eigenvalue weighted by molar-refractivity contribution is -0.156. The van der Waals surface area contributed by atoms with Crippen LogP contribution in [0.1, 0.15) is 35.9 Å². The number of carbonyl (C=O) groups excluding carboxylic acids is 2. The molecule has 28 heavy (non-hydrogen) atoms. The number of fused-ring (bicyclic) bond motifs is 1. The molecular formula is C20H22N2O5S. The third kappa shape index (κ3) is 3.96. The van der Waals surface area contributed by atoms with E-state index in [2.05, 4.69) is 9.88 Å². The molecule has 1 fully saturated rings. The maximum Gasteiger partial charge on any atom is 0.351 e. The number of ether oxygens (including phenoxy) is 3. The molecule has 2 aromatic rings. The summed E-state index contributed by atoms with van der Waals surface area (Å²) in [5.41, 5.74) is 0. The number of para-hydroxylation sites is 2. The highest BCUT2D eigenvalue weighted by molar-refractivity contribution is 7.17. The Kier molecular flexibility index (Phi) is 5.47. The molecule has 2 atom stereocenters. The predicted octanol–water partition coefficient (Wildman–Crippen LogP) is 3.09. The van der Waals surface area contributed by atoms with Gasteiger partial charge in [0.25, 0.3) is 0 Å². The summed E-state index contributed by atoms with van der Waals surface area (Å²) in [4.78, 5) is 31.9. The average molecular weight is 402 g/mol. The molecule has 0 radical (unpaired) electrons. The zero-order valence-electron chi connectivity index (χ0n) is 15.6. The van der Waals surface area contributed by atoms with Crippen molar-refractivity contribution in [3.05, 3.63) is 35.3 Å². The van der Waals surface area contributed by atoms with E-state index in [1.54, 1.807) is 31.3 Å². The minimum absolute atomic E-state index is 0.265. The van der Waals surface area contributed by atoms with Gasteiger partial charge in [0.15, 0.2) is 23.2 Å². The number of Topliss-reactive ketones (excluding diaryl/α,β-unsaturated/α-hetero) is 1. The molecule has 0 aliphatic carbocycles. The van der Waals surface area contributed by atoms with Crippen molar-refractivity contribution in [3.63, 3.8) is 0 Å². The van der Waals surface area contributed by atoms with Crippen LogP contribution in [0.25, 0.3) is 0 Å². The number of aromatic nitrogens is 1. The lowest BCUT2D eigenvalue weighted by Crippen LogP contribution is -2.44. The Bertz CT molecular complexity index is 862. The summed E-state index contributed by atoms with van der Waals surface area (Å²) in [7, 11) is 0. The number of nitrogens with zero attached hydrogens (tertiary/aromatic N) is 2. The van der Waals surface area contributed by atoms with Crippen molar-refractivity contribution in [2.75, 3.05) is 24.6 Å². The van der Waals surface area contributed by atoms with Crippen molar-refractivity contribution in [1.29, 1.82) is 0 Å². The third-order valence-corrected chi connectivity index (χ3v) is 5.91. The van der Waals surface area contributed by atoms with Crippen LogP contribution in [-0.2, 0) is 9.53 Å². The van der Waals surface area contributed by atoms with E-state index in [1.165, 1.54) is 17.8 Å². The molecule has 148 valence electrons. The second-order valence-corrected chi connectivity index (χ2v) is 7.90. The normalized spacial score (nSPS) is 21.2. The van der Waals surface area contributed by atoms with Crippen LogP contribution in [0, 0.1) is 0 Å². The molecule has 0 unspecified atom stereocenters. The standard InChI is InChI=1S/C20H22N2O5S/c1-13-18(27-16-8-4-3-7-15(16)26-13)19(24)25-12-14(23)17-11-21-20(28-17)22-9-5-2-6-10-22/h3-4,7-8,11,13,18H,2,5-6,9-10,12H2,1H3/t13-,18-/m1/s1. The minimum atomic E-state index is -0.909. The minimum Gasteiger partial charge on any atom is -0.482 e. The summed E-state index contributed by atoms with van der Waals surface area (Å²) in [6, 6.07) is 7.14. The van der Waals surface area contributed by atoms with Crippen LogP contribution in [0.3, 0.4) is 0 Å². The van der Waals surface area contributed by atoms with Gasteiger partial charge in [0, 0.05) is 13.1 Å². The Morgan fingerprint density at radius 2 is 1.89 bits per heavy atom. The first-order valence-corrected chi connectivity index (χ1v) is 10.3. The molecule has 8 heteroatoms. The molecule has 0 amide bonds. The van der Waals surface area contributed by atoms with E-state index in [0.29, 0.717) is 16.4 Å². The third-order valence-electron chi connectivity index (χ3n) is 4.82. The first-order chi connectivity index (χ1) is 13.6. The van der Waals surface area contributed by atoms with Gasteiger partial charge in [-0.2, -0.15) is 0 Å². The average Bonchev–Trinajstić information content (AvgIpc) is 3.22. The molecule has 2 aliphatic rings. The lowest BCUT2D eigenvalue weighted by atomic mass is 10.1. The number of ketones is 1. The van der Waals surface area contributed by atoms with Crippen LogP contribution < -0.4 is 14.4 Å². The van der Waals surface area contributed by atoms with Gasteiger partial charge in [-0.25, -0.2) is 9.78 Å². The van der Waals surface area contributed by atoms with E-state index in [1.807, 2.05) is 6.07 Å². The largest absolute Gasteiger partial charge is 0.482 e. The van der Waals surface area contributed by atoms with Gasteiger partial charge in [0.1, 0.15) is 6.10 Å². The molecule has 1 saturated heterocycles. The van der Waals surface area contributed by atoms with Crippen molar-refractivity contribution < 1.29 is 23.8 Å². The second-order valence-electron chi connectivity index (χ2n) is 6.89. The van der Waals surface area contributed by atoms with E-state index in [0.717, 1.165) is 31.1 Å². The first kappa shape index (κ1) is 18.7. The Hall–Kier alpha value is -2.61. The first-order valence-electron chi connectivity index (χ1n) is 9.45. The molecule has 0 N–H and O–H groups in total. The van der Waals surface area contributed by atoms with E-state index >= 15 is 0 Å². The summed E-state index contributed by atoms with van der Waals surface area (Å²) >= 11 is 1.34. The second kappa shape index (κ2) is 8.18.